The molecule has 0 amide bonds. The molecule has 3 nitrogen and oxygen atoms in total. The molecule has 2 heterocycles. The van der Waals surface area contributed by atoms with Gasteiger partial charge in [0.05, 0.1) is 5.69 Å². The molecule has 0 saturated carbocycles. The first-order chi connectivity index (χ1) is 10.2. The maximum atomic E-state index is 13.3. The Bertz CT molecular complexity index is 718. The predicted octanol–water partition coefficient (Wildman–Crippen LogP) is 3.74. The number of hydrogen-bond donors (Lipinski definition) is 1. The average molecular weight is 303 g/mol. The monoisotopic (exact) mass is 303 g/mol. The number of thiazole rings is 1. The highest BCUT2D eigenvalue weighted by atomic mass is 32.1. The van der Waals surface area contributed by atoms with Gasteiger partial charge in [-0.25, -0.2) is 9.37 Å². The minimum Gasteiger partial charge on any atom is -0.310 e. The van der Waals surface area contributed by atoms with E-state index in [2.05, 4.69) is 23.4 Å². The van der Waals surface area contributed by atoms with Crippen LogP contribution in [0.3, 0.4) is 0 Å². The van der Waals surface area contributed by atoms with Crippen LogP contribution in [0.15, 0.2) is 36.0 Å². The van der Waals surface area contributed by atoms with Crippen LogP contribution in [0.4, 0.5) is 4.39 Å². The van der Waals surface area contributed by atoms with Gasteiger partial charge in [0.1, 0.15) is 5.82 Å². The second-order valence-electron chi connectivity index (χ2n) is 5.14. The molecule has 1 N–H and O–H groups in total. The third-order valence-electron chi connectivity index (χ3n) is 3.61. The van der Waals surface area contributed by atoms with Gasteiger partial charge in [0.15, 0.2) is 4.96 Å². The van der Waals surface area contributed by atoms with Crippen LogP contribution in [0.1, 0.15) is 29.8 Å². The smallest absolute Gasteiger partial charge is 0.193 e. The summed E-state index contributed by atoms with van der Waals surface area (Å²) in [7, 11) is 0. The van der Waals surface area contributed by atoms with Crippen molar-refractivity contribution >= 4 is 16.3 Å². The van der Waals surface area contributed by atoms with Gasteiger partial charge in [0.25, 0.3) is 0 Å². The van der Waals surface area contributed by atoms with E-state index in [1.165, 1.54) is 6.07 Å². The fourth-order valence-electron chi connectivity index (χ4n) is 2.65. The van der Waals surface area contributed by atoms with Crippen LogP contribution in [0.2, 0.25) is 0 Å². The fraction of sp³-hybridized carbons (Fsp3) is 0.312. The topological polar surface area (TPSA) is 29.3 Å². The molecule has 0 saturated heterocycles. The van der Waals surface area contributed by atoms with Crippen molar-refractivity contribution in [2.75, 3.05) is 6.54 Å². The van der Waals surface area contributed by atoms with Gasteiger partial charge in [0, 0.05) is 30.2 Å². The third kappa shape index (κ3) is 2.99. The van der Waals surface area contributed by atoms with Crippen molar-refractivity contribution in [3.05, 3.63) is 58.6 Å². The molecule has 0 aliphatic carbocycles. The van der Waals surface area contributed by atoms with Crippen molar-refractivity contribution in [3.8, 4) is 0 Å². The molecule has 0 bridgehead atoms. The molecular formula is C16H18FN3S. The Kier molecular flexibility index (Phi) is 4.03. The van der Waals surface area contributed by atoms with E-state index in [1.54, 1.807) is 17.4 Å². The van der Waals surface area contributed by atoms with Crippen LogP contribution >= 0.6 is 11.3 Å². The summed E-state index contributed by atoms with van der Waals surface area (Å²) < 4.78 is 15.3. The Labute approximate surface area is 127 Å². The number of fused-ring (bicyclic) bond motifs is 1. The number of halogens is 1. The number of likely N-dealkylation sites (N-methyl/N-ethyl adjacent to an activating group) is 1. The number of aromatic nitrogens is 2. The zero-order valence-corrected chi connectivity index (χ0v) is 13.0. The minimum atomic E-state index is -0.186. The lowest BCUT2D eigenvalue weighted by Gasteiger charge is -2.19. The highest BCUT2D eigenvalue weighted by molar-refractivity contribution is 7.15. The second kappa shape index (κ2) is 5.95. The van der Waals surface area contributed by atoms with Crippen molar-refractivity contribution in [2.45, 2.75) is 26.3 Å². The van der Waals surface area contributed by atoms with Crippen molar-refractivity contribution in [1.29, 1.82) is 0 Å². The maximum absolute atomic E-state index is 13.3. The molecule has 0 aliphatic rings. The lowest BCUT2D eigenvalue weighted by atomic mass is 9.97. The van der Waals surface area contributed by atoms with Gasteiger partial charge in [-0.3, -0.25) is 4.40 Å². The Morgan fingerprint density at radius 3 is 3.00 bits per heavy atom. The molecule has 1 aromatic carbocycles. The average Bonchev–Trinajstić information content (AvgIpc) is 2.99. The Hall–Kier alpha value is -1.72. The normalized spacial score (nSPS) is 12.9. The van der Waals surface area contributed by atoms with E-state index >= 15 is 0 Å². The van der Waals surface area contributed by atoms with Crippen LogP contribution in [-0.4, -0.2) is 15.9 Å². The van der Waals surface area contributed by atoms with Gasteiger partial charge in [-0.15, -0.1) is 11.3 Å². The zero-order chi connectivity index (χ0) is 14.8. The molecule has 5 heteroatoms. The molecule has 0 spiro atoms. The molecule has 0 fully saturated rings. The van der Waals surface area contributed by atoms with Gasteiger partial charge < -0.3 is 5.32 Å². The molecular weight excluding hydrogens is 285 g/mol. The highest BCUT2D eigenvalue weighted by Gasteiger charge is 2.16. The standard InChI is InChI=1S/C16H18FN3S/c1-3-18-15(14-5-4-12(17)8-11(14)2)9-13-10-20-6-7-21-16(20)19-13/h4-8,10,15,18H,3,9H2,1-2H3. The minimum absolute atomic E-state index is 0.153. The Balaban J connectivity index is 1.88. The number of nitrogens with zero attached hydrogens (tertiary/aromatic N) is 2. The number of rotatable bonds is 5. The van der Waals surface area contributed by atoms with Crippen molar-refractivity contribution < 1.29 is 4.39 Å². The van der Waals surface area contributed by atoms with Gasteiger partial charge >= 0.3 is 0 Å². The van der Waals surface area contributed by atoms with E-state index in [0.717, 1.165) is 34.7 Å². The van der Waals surface area contributed by atoms with Crippen molar-refractivity contribution in [2.24, 2.45) is 0 Å². The fourth-order valence-corrected chi connectivity index (χ4v) is 3.37. The summed E-state index contributed by atoms with van der Waals surface area (Å²) in [6.07, 6.45) is 4.88. The number of nitrogens with one attached hydrogen (secondary N) is 1. The van der Waals surface area contributed by atoms with Crippen LogP contribution in [0, 0.1) is 12.7 Å². The van der Waals surface area contributed by atoms with E-state index in [9.17, 15) is 4.39 Å². The van der Waals surface area contributed by atoms with Crippen LogP contribution in [-0.2, 0) is 6.42 Å². The summed E-state index contributed by atoms with van der Waals surface area (Å²) in [5.41, 5.74) is 3.16. The van der Waals surface area contributed by atoms with Crippen molar-refractivity contribution in [3.63, 3.8) is 0 Å². The van der Waals surface area contributed by atoms with Gasteiger partial charge in [-0.2, -0.15) is 0 Å². The Morgan fingerprint density at radius 2 is 2.29 bits per heavy atom. The van der Waals surface area contributed by atoms with Gasteiger partial charge in [-0.1, -0.05) is 13.0 Å². The molecule has 3 aromatic rings. The molecule has 0 aliphatic heterocycles. The SMILES string of the molecule is CCNC(Cc1cn2ccsc2n1)c1ccc(F)cc1C. The summed E-state index contributed by atoms with van der Waals surface area (Å²) in [6, 6.07) is 5.14. The number of hydrogen-bond acceptors (Lipinski definition) is 3. The van der Waals surface area contributed by atoms with E-state index in [1.807, 2.05) is 29.0 Å². The molecule has 0 radical (unpaired) electrons. The van der Waals surface area contributed by atoms with E-state index < -0.39 is 0 Å². The van der Waals surface area contributed by atoms with Crippen LogP contribution in [0.25, 0.3) is 4.96 Å². The first kappa shape index (κ1) is 14.2. The molecule has 1 atom stereocenters. The van der Waals surface area contributed by atoms with Crippen molar-refractivity contribution in [1.82, 2.24) is 14.7 Å². The third-order valence-corrected chi connectivity index (χ3v) is 4.38. The lowest BCUT2D eigenvalue weighted by Crippen LogP contribution is -2.24. The second-order valence-corrected chi connectivity index (χ2v) is 6.01. The summed E-state index contributed by atoms with van der Waals surface area (Å²) in [6.45, 7) is 4.90. The quantitative estimate of drug-likeness (QED) is 0.778. The molecule has 2 aromatic heterocycles. The summed E-state index contributed by atoms with van der Waals surface area (Å²) in [5, 5.41) is 5.50. The molecule has 110 valence electrons. The largest absolute Gasteiger partial charge is 0.310 e. The van der Waals surface area contributed by atoms with E-state index in [4.69, 9.17) is 0 Å². The van der Waals surface area contributed by atoms with E-state index in [-0.39, 0.29) is 11.9 Å². The summed E-state index contributed by atoms with van der Waals surface area (Å²) in [4.78, 5) is 5.65. The number of benzene rings is 1. The van der Waals surface area contributed by atoms with Crippen LogP contribution in [0.5, 0.6) is 0 Å². The maximum Gasteiger partial charge on any atom is 0.193 e. The molecule has 3 rings (SSSR count). The van der Waals surface area contributed by atoms with E-state index in [0.29, 0.717) is 0 Å². The summed E-state index contributed by atoms with van der Waals surface area (Å²) in [5.74, 6) is -0.186. The van der Waals surface area contributed by atoms with Gasteiger partial charge in [0.2, 0.25) is 0 Å². The lowest BCUT2D eigenvalue weighted by molar-refractivity contribution is 0.540. The van der Waals surface area contributed by atoms with Crippen LogP contribution < -0.4 is 5.32 Å². The number of aryl methyl sites for hydroxylation is 1. The predicted molar refractivity (Wildman–Crippen MR) is 84.3 cm³/mol. The highest BCUT2D eigenvalue weighted by Crippen LogP contribution is 2.23. The first-order valence-electron chi connectivity index (χ1n) is 7.08. The summed E-state index contributed by atoms with van der Waals surface area (Å²) >= 11 is 1.63. The van der Waals surface area contributed by atoms with Gasteiger partial charge in [-0.05, 0) is 36.7 Å². The first-order valence-corrected chi connectivity index (χ1v) is 7.96. The zero-order valence-electron chi connectivity index (χ0n) is 12.1. The molecule has 1 unspecified atom stereocenters. The number of imidazole rings is 1. The molecule has 21 heavy (non-hydrogen) atoms. The Morgan fingerprint density at radius 1 is 1.43 bits per heavy atom.